The van der Waals surface area contributed by atoms with Crippen LogP contribution in [0.2, 0.25) is 0 Å². The van der Waals surface area contributed by atoms with E-state index in [1.165, 1.54) is 0 Å². The highest BCUT2D eigenvalue weighted by Gasteiger charge is 2.21. The second kappa shape index (κ2) is 8.47. The fourth-order valence-corrected chi connectivity index (χ4v) is 5.12. The first-order chi connectivity index (χ1) is 9.81. The quantitative estimate of drug-likeness (QED) is 0.479. The zero-order chi connectivity index (χ0) is 16.0. The number of hydrogen-bond donors (Lipinski definition) is 2. The summed E-state index contributed by atoms with van der Waals surface area (Å²) in [6.07, 6.45) is 0.759. The predicted molar refractivity (Wildman–Crippen MR) is 93.8 cm³/mol. The van der Waals surface area contributed by atoms with Gasteiger partial charge in [-0.05, 0) is 54.1 Å². The molecule has 0 aliphatic heterocycles. The predicted octanol–water partition coefficient (Wildman–Crippen LogP) is 2.80. The van der Waals surface area contributed by atoms with Crippen molar-refractivity contribution in [3.8, 4) is 0 Å². The molecule has 21 heavy (non-hydrogen) atoms. The summed E-state index contributed by atoms with van der Waals surface area (Å²) < 4.78 is 28.4. The number of anilines is 1. The lowest BCUT2D eigenvalue weighted by atomic mass is 10.3. The van der Waals surface area contributed by atoms with Crippen LogP contribution >= 0.6 is 31.9 Å². The van der Waals surface area contributed by atoms with Crippen molar-refractivity contribution in [2.24, 2.45) is 0 Å². The third kappa shape index (κ3) is 5.52. The number of rotatable bonds is 8. The van der Waals surface area contributed by atoms with Crippen molar-refractivity contribution < 1.29 is 8.42 Å². The van der Waals surface area contributed by atoms with E-state index in [0.717, 1.165) is 30.5 Å². The Labute approximate surface area is 143 Å². The lowest BCUT2D eigenvalue weighted by molar-refractivity contribution is 0.300. The van der Waals surface area contributed by atoms with Crippen LogP contribution in [0.15, 0.2) is 26.0 Å². The van der Waals surface area contributed by atoms with Gasteiger partial charge >= 0.3 is 0 Å². The summed E-state index contributed by atoms with van der Waals surface area (Å²) in [5, 5.41) is 0. The Kier molecular flexibility index (Phi) is 7.63. The Morgan fingerprint density at radius 3 is 2.38 bits per heavy atom. The van der Waals surface area contributed by atoms with Gasteiger partial charge in [-0.3, -0.25) is 0 Å². The van der Waals surface area contributed by atoms with E-state index in [1.54, 1.807) is 12.1 Å². The van der Waals surface area contributed by atoms with E-state index in [0.29, 0.717) is 11.0 Å². The van der Waals surface area contributed by atoms with E-state index in [2.05, 4.69) is 55.3 Å². The Morgan fingerprint density at radius 1 is 1.24 bits per heavy atom. The van der Waals surface area contributed by atoms with Crippen LogP contribution in [-0.4, -0.2) is 39.5 Å². The molecule has 0 heterocycles. The maximum Gasteiger partial charge on any atom is 0.243 e. The molecule has 0 atom stereocenters. The van der Waals surface area contributed by atoms with E-state index >= 15 is 0 Å². The number of halogens is 2. The van der Waals surface area contributed by atoms with E-state index < -0.39 is 10.0 Å². The summed E-state index contributed by atoms with van der Waals surface area (Å²) >= 11 is 6.53. The first kappa shape index (κ1) is 18.9. The first-order valence-electron chi connectivity index (χ1n) is 6.78. The average molecular weight is 443 g/mol. The standard InChI is InChI=1S/C13H21Br2N3O2S/c1-3-18(4-2)7-5-6-17-21(19,20)13-11(15)8-10(14)9-12(13)16/h8-9,17H,3-7,16H2,1-2H3. The van der Waals surface area contributed by atoms with Gasteiger partial charge in [0.05, 0.1) is 5.69 Å². The Hall–Kier alpha value is -0.150. The molecule has 120 valence electrons. The van der Waals surface area contributed by atoms with Crippen LogP contribution in [0, 0.1) is 0 Å². The summed E-state index contributed by atoms with van der Waals surface area (Å²) in [5.74, 6) is 0. The SMILES string of the molecule is CCN(CC)CCCNS(=O)(=O)c1c(N)cc(Br)cc1Br. The molecule has 3 N–H and O–H groups in total. The van der Waals surface area contributed by atoms with Crippen molar-refractivity contribution in [1.29, 1.82) is 0 Å². The van der Waals surface area contributed by atoms with Crippen molar-refractivity contribution in [1.82, 2.24) is 9.62 Å². The smallest absolute Gasteiger partial charge is 0.243 e. The number of nitrogens with one attached hydrogen (secondary N) is 1. The molecule has 0 amide bonds. The molecule has 0 bridgehead atoms. The second-order valence-electron chi connectivity index (χ2n) is 4.58. The van der Waals surface area contributed by atoms with Gasteiger partial charge in [-0.15, -0.1) is 0 Å². The van der Waals surface area contributed by atoms with Gasteiger partial charge in [-0.1, -0.05) is 29.8 Å². The van der Waals surface area contributed by atoms with E-state index in [1.807, 2.05) is 0 Å². The van der Waals surface area contributed by atoms with Gasteiger partial charge in [-0.25, -0.2) is 13.1 Å². The number of sulfonamides is 1. The Balaban J connectivity index is 2.71. The molecule has 8 heteroatoms. The molecule has 1 aromatic rings. The average Bonchev–Trinajstić information content (AvgIpc) is 2.37. The van der Waals surface area contributed by atoms with Crippen molar-refractivity contribution in [2.75, 3.05) is 31.9 Å². The lowest BCUT2D eigenvalue weighted by Gasteiger charge is -2.18. The molecule has 1 aromatic carbocycles. The maximum absolute atomic E-state index is 12.3. The number of nitrogens with two attached hydrogens (primary N) is 1. The monoisotopic (exact) mass is 441 g/mol. The minimum absolute atomic E-state index is 0.0912. The van der Waals surface area contributed by atoms with Gasteiger partial charge in [0.15, 0.2) is 0 Å². The molecule has 0 aliphatic carbocycles. The van der Waals surface area contributed by atoms with Crippen LogP contribution in [0.3, 0.4) is 0 Å². The molecule has 0 unspecified atom stereocenters. The first-order valence-corrected chi connectivity index (χ1v) is 9.85. The van der Waals surface area contributed by atoms with Crippen LogP contribution in [0.1, 0.15) is 20.3 Å². The summed E-state index contributed by atoms with van der Waals surface area (Å²) in [6.45, 7) is 7.37. The fourth-order valence-electron chi connectivity index (χ4n) is 1.98. The van der Waals surface area contributed by atoms with E-state index in [9.17, 15) is 8.42 Å². The van der Waals surface area contributed by atoms with Gasteiger partial charge < -0.3 is 10.6 Å². The minimum Gasteiger partial charge on any atom is -0.398 e. The van der Waals surface area contributed by atoms with Crippen LogP contribution in [0.4, 0.5) is 5.69 Å². The lowest BCUT2D eigenvalue weighted by Crippen LogP contribution is -2.30. The highest BCUT2D eigenvalue weighted by atomic mass is 79.9. The topological polar surface area (TPSA) is 75.4 Å². The maximum atomic E-state index is 12.3. The van der Waals surface area contributed by atoms with E-state index in [-0.39, 0.29) is 10.6 Å². The molecule has 0 aromatic heterocycles. The Bertz CT molecular complexity index is 552. The largest absolute Gasteiger partial charge is 0.398 e. The van der Waals surface area contributed by atoms with E-state index in [4.69, 9.17) is 5.73 Å². The molecule has 5 nitrogen and oxygen atoms in total. The van der Waals surface area contributed by atoms with Crippen LogP contribution in [-0.2, 0) is 10.0 Å². The summed E-state index contributed by atoms with van der Waals surface area (Å²) in [7, 11) is -3.61. The number of benzene rings is 1. The van der Waals surface area contributed by atoms with Crippen LogP contribution in [0.5, 0.6) is 0 Å². The molecule has 0 fully saturated rings. The van der Waals surface area contributed by atoms with Crippen LogP contribution in [0.25, 0.3) is 0 Å². The van der Waals surface area contributed by atoms with Crippen LogP contribution < -0.4 is 10.5 Å². The number of hydrogen-bond acceptors (Lipinski definition) is 4. The number of nitrogen functional groups attached to an aromatic ring is 1. The third-order valence-corrected chi connectivity index (χ3v) is 6.07. The highest BCUT2D eigenvalue weighted by molar-refractivity contribution is 9.11. The third-order valence-electron chi connectivity index (χ3n) is 3.14. The van der Waals surface area contributed by atoms with Gasteiger partial charge in [-0.2, -0.15) is 0 Å². The Morgan fingerprint density at radius 2 is 1.86 bits per heavy atom. The van der Waals surface area contributed by atoms with Gasteiger partial charge in [0.2, 0.25) is 10.0 Å². The molecule has 0 spiro atoms. The van der Waals surface area contributed by atoms with Crippen molar-refractivity contribution >= 4 is 47.6 Å². The second-order valence-corrected chi connectivity index (χ2v) is 8.06. The zero-order valence-electron chi connectivity index (χ0n) is 12.2. The van der Waals surface area contributed by atoms with Crippen molar-refractivity contribution in [2.45, 2.75) is 25.2 Å². The number of nitrogens with zero attached hydrogens (tertiary/aromatic N) is 1. The molecule has 0 saturated carbocycles. The zero-order valence-corrected chi connectivity index (χ0v) is 16.2. The minimum atomic E-state index is -3.61. The van der Waals surface area contributed by atoms with Crippen molar-refractivity contribution in [3.05, 3.63) is 21.1 Å². The highest BCUT2D eigenvalue weighted by Crippen LogP contribution is 2.31. The normalized spacial score (nSPS) is 12.0. The summed E-state index contributed by atoms with van der Waals surface area (Å²) in [5.41, 5.74) is 6.03. The summed E-state index contributed by atoms with van der Waals surface area (Å²) in [4.78, 5) is 2.34. The van der Waals surface area contributed by atoms with Crippen molar-refractivity contribution in [3.63, 3.8) is 0 Å². The molecule has 0 aliphatic rings. The molecule has 1 rings (SSSR count). The summed E-state index contributed by atoms with van der Waals surface area (Å²) in [6, 6.07) is 3.25. The van der Waals surface area contributed by atoms with Gasteiger partial charge in [0, 0.05) is 15.5 Å². The molecular weight excluding hydrogens is 422 g/mol. The van der Waals surface area contributed by atoms with Gasteiger partial charge in [0.1, 0.15) is 4.90 Å². The molecular formula is C13H21Br2N3O2S. The fraction of sp³-hybridized carbons (Fsp3) is 0.538. The molecule has 0 radical (unpaired) electrons. The van der Waals surface area contributed by atoms with Gasteiger partial charge in [0.25, 0.3) is 0 Å². The molecule has 0 saturated heterocycles.